The minimum Gasteiger partial charge on any atom is -0.152 e. The first-order valence-electron chi connectivity index (χ1n) is 12.1. The highest BCUT2D eigenvalue weighted by Crippen LogP contribution is 2.58. The van der Waals surface area contributed by atoms with Crippen LogP contribution < -0.4 is 0 Å². The van der Waals surface area contributed by atoms with Crippen molar-refractivity contribution >= 4 is 11.3 Å². The van der Waals surface area contributed by atoms with Crippen molar-refractivity contribution in [3.8, 4) is 0 Å². The van der Waals surface area contributed by atoms with Gasteiger partial charge in [0.25, 0.3) is 0 Å². The molecule has 1 aromatic heterocycles. The Bertz CT molecular complexity index is 654. The molecule has 4 fully saturated rings. The van der Waals surface area contributed by atoms with Crippen molar-refractivity contribution in [1.29, 1.82) is 0 Å². The Labute approximate surface area is 171 Å². The van der Waals surface area contributed by atoms with Gasteiger partial charge in [0.2, 0.25) is 0 Å². The molecule has 0 aromatic carbocycles. The zero-order valence-electron chi connectivity index (χ0n) is 17.9. The van der Waals surface area contributed by atoms with E-state index in [1.54, 1.807) is 0 Å². The Morgan fingerprint density at radius 2 is 1.67 bits per heavy atom. The average Bonchev–Trinajstić information content (AvgIpc) is 3.11. The van der Waals surface area contributed by atoms with Crippen molar-refractivity contribution in [2.24, 2.45) is 29.6 Å². The molecule has 4 bridgehead atoms. The van der Waals surface area contributed by atoms with Crippen molar-refractivity contribution in [2.75, 3.05) is 0 Å². The number of hydrogen-bond acceptors (Lipinski definition) is 1. The van der Waals surface area contributed by atoms with Gasteiger partial charge in [-0.1, -0.05) is 40.0 Å². The molecule has 4 aliphatic rings. The summed E-state index contributed by atoms with van der Waals surface area (Å²) < 4.78 is 0. The fourth-order valence-corrected chi connectivity index (χ4v) is 9.76. The van der Waals surface area contributed by atoms with Crippen molar-refractivity contribution < 1.29 is 0 Å². The van der Waals surface area contributed by atoms with E-state index in [2.05, 4.69) is 31.5 Å². The fraction of sp³-hybridized carbons (Fsp3) is 0.846. The molecular formula is C26H40S. The lowest BCUT2D eigenvalue weighted by Crippen LogP contribution is -2.43. The van der Waals surface area contributed by atoms with Gasteiger partial charge in [0.05, 0.1) is 0 Å². The predicted octanol–water partition coefficient (Wildman–Crippen LogP) is 8.10. The summed E-state index contributed by atoms with van der Waals surface area (Å²) in [5.41, 5.74) is 4.66. The van der Waals surface area contributed by atoms with Gasteiger partial charge in [-0.05, 0) is 120 Å². The third kappa shape index (κ3) is 3.24. The largest absolute Gasteiger partial charge is 0.152 e. The van der Waals surface area contributed by atoms with Crippen LogP contribution in [-0.4, -0.2) is 0 Å². The van der Waals surface area contributed by atoms with Crippen molar-refractivity contribution in [2.45, 2.75) is 109 Å². The second-order valence-corrected chi connectivity index (χ2v) is 12.4. The number of rotatable bonds is 3. The summed E-state index contributed by atoms with van der Waals surface area (Å²) in [5.74, 6) is 4.97. The van der Waals surface area contributed by atoms with Crippen LogP contribution in [0.1, 0.15) is 109 Å². The Morgan fingerprint density at radius 1 is 0.926 bits per heavy atom. The van der Waals surface area contributed by atoms with Crippen molar-refractivity contribution in [3.05, 3.63) is 21.9 Å². The van der Waals surface area contributed by atoms with Gasteiger partial charge in [-0.15, -0.1) is 0 Å². The topological polar surface area (TPSA) is 0 Å². The van der Waals surface area contributed by atoms with Crippen LogP contribution in [0.25, 0.3) is 0 Å². The predicted molar refractivity (Wildman–Crippen MR) is 118 cm³/mol. The maximum atomic E-state index is 2.66. The summed E-state index contributed by atoms with van der Waals surface area (Å²) in [5, 5.41) is 5.22. The van der Waals surface area contributed by atoms with Crippen LogP contribution in [0.4, 0.5) is 0 Å². The molecule has 0 spiro atoms. The first-order valence-corrected chi connectivity index (χ1v) is 13.0. The monoisotopic (exact) mass is 384 g/mol. The molecule has 5 rings (SSSR count). The molecule has 1 heteroatoms. The summed E-state index contributed by atoms with van der Waals surface area (Å²) in [6.07, 6.45) is 17.8. The molecule has 4 aliphatic carbocycles. The SMILES string of the molecule is CCC1CC2CCCC(c3cscc3C3(C)CC4CC(C)CC(C4)C3)(C1)C2. The molecule has 1 heterocycles. The third-order valence-electron chi connectivity index (χ3n) is 9.37. The second kappa shape index (κ2) is 6.89. The Balaban J connectivity index is 1.49. The number of thiophene rings is 1. The molecule has 0 amide bonds. The highest BCUT2D eigenvalue weighted by Gasteiger charge is 2.48. The minimum absolute atomic E-state index is 0.462. The fourth-order valence-electron chi connectivity index (χ4n) is 8.63. The molecule has 5 atom stereocenters. The zero-order valence-corrected chi connectivity index (χ0v) is 18.8. The molecule has 0 saturated heterocycles. The maximum absolute atomic E-state index is 2.66. The van der Waals surface area contributed by atoms with Gasteiger partial charge in [-0.25, -0.2) is 0 Å². The van der Waals surface area contributed by atoms with Crippen LogP contribution >= 0.6 is 11.3 Å². The lowest BCUT2D eigenvalue weighted by atomic mass is 9.53. The van der Waals surface area contributed by atoms with E-state index in [0.29, 0.717) is 10.8 Å². The summed E-state index contributed by atoms with van der Waals surface area (Å²) in [6, 6.07) is 0. The number of fused-ring (bicyclic) bond motifs is 4. The van der Waals surface area contributed by atoms with Crippen LogP contribution in [0, 0.1) is 29.6 Å². The molecule has 5 unspecified atom stereocenters. The van der Waals surface area contributed by atoms with Crippen LogP contribution in [0.5, 0.6) is 0 Å². The van der Waals surface area contributed by atoms with Crippen LogP contribution in [0.3, 0.4) is 0 Å². The summed E-state index contributed by atoms with van der Waals surface area (Å²) in [4.78, 5) is 0. The van der Waals surface area contributed by atoms with Gasteiger partial charge in [-0.3, -0.25) is 0 Å². The van der Waals surface area contributed by atoms with E-state index in [-0.39, 0.29) is 0 Å². The van der Waals surface area contributed by atoms with Crippen LogP contribution in [0.15, 0.2) is 10.8 Å². The smallest absolute Gasteiger partial charge is 0.00305 e. The highest BCUT2D eigenvalue weighted by molar-refractivity contribution is 7.08. The summed E-state index contributed by atoms with van der Waals surface area (Å²) in [6.45, 7) is 7.61. The summed E-state index contributed by atoms with van der Waals surface area (Å²) >= 11 is 2.03. The number of hydrogen-bond donors (Lipinski definition) is 0. The molecule has 150 valence electrons. The quantitative estimate of drug-likeness (QED) is 0.494. The molecular weight excluding hydrogens is 344 g/mol. The van der Waals surface area contributed by atoms with E-state index in [1.165, 1.54) is 77.0 Å². The lowest BCUT2D eigenvalue weighted by molar-refractivity contribution is 0.0811. The van der Waals surface area contributed by atoms with E-state index < -0.39 is 0 Å². The maximum Gasteiger partial charge on any atom is -0.00305 e. The van der Waals surface area contributed by atoms with E-state index in [1.807, 2.05) is 22.5 Å². The van der Waals surface area contributed by atoms with Gasteiger partial charge in [0.1, 0.15) is 0 Å². The van der Waals surface area contributed by atoms with Gasteiger partial charge in [0.15, 0.2) is 0 Å². The first kappa shape index (κ1) is 18.7. The Kier molecular flexibility index (Phi) is 4.78. The van der Waals surface area contributed by atoms with Crippen LogP contribution in [0.2, 0.25) is 0 Å². The molecule has 0 aliphatic heterocycles. The van der Waals surface area contributed by atoms with Gasteiger partial charge < -0.3 is 0 Å². The molecule has 0 radical (unpaired) electrons. The van der Waals surface area contributed by atoms with E-state index in [9.17, 15) is 0 Å². The standard InChI is InChI=1S/C26H40S/c1-4-19-10-20-6-5-7-26(14-19,15-20)24-17-27-16-23(24)25(3)12-21-8-18(2)9-22(11-21)13-25/h16-22H,4-15H2,1-3H3. The molecule has 0 nitrogen and oxygen atoms in total. The van der Waals surface area contributed by atoms with E-state index in [0.717, 1.165) is 29.6 Å². The highest BCUT2D eigenvalue weighted by atomic mass is 32.1. The first-order chi connectivity index (χ1) is 13.0. The van der Waals surface area contributed by atoms with E-state index in [4.69, 9.17) is 0 Å². The Morgan fingerprint density at radius 3 is 2.41 bits per heavy atom. The molecule has 0 N–H and O–H groups in total. The zero-order chi connectivity index (χ0) is 18.6. The second-order valence-electron chi connectivity index (χ2n) is 11.7. The molecule has 1 aromatic rings. The average molecular weight is 385 g/mol. The molecule has 27 heavy (non-hydrogen) atoms. The van der Waals surface area contributed by atoms with E-state index >= 15 is 0 Å². The summed E-state index contributed by atoms with van der Waals surface area (Å²) in [7, 11) is 0. The third-order valence-corrected chi connectivity index (χ3v) is 10.1. The minimum atomic E-state index is 0.462. The molecule has 4 saturated carbocycles. The van der Waals surface area contributed by atoms with Crippen molar-refractivity contribution in [1.82, 2.24) is 0 Å². The van der Waals surface area contributed by atoms with Gasteiger partial charge in [-0.2, -0.15) is 11.3 Å². The lowest BCUT2D eigenvalue weighted by Gasteiger charge is -2.52. The normalized spacial score (nSPS) is 47.0. The Hall–Kier alpha value is -0.300. The van der Waals surface area contributed by atoms with Crippen LogP contribution in [-0.2, 0) is 10.8 Å². The van der Waals surface area contributed by atoms with Crippen molar-refractivity contribution in [3.63, 3.8) is 0 Å². The van der Waals surface area contributed by atoms with Gasteiger partial charge >= 0.3 is 0 Å². The van der Waals surface area contributed by atoms with Gasteiger partial charge in [0, 0.05) is 0 Å².